The Bertz CT molecular complexity index is 2470. The number of methoxy groups -OCH3 is 1. The van der Waals surface area contributed by atoms with Crippen molar-refractivity contribution in [2.45, 2.75) is 12.4 Å². The minimum absolute atomic E-state index is 0.0652. The summed E-state index contributed by atoms with van der Waals surface area (Å²) in [7, 11) is -2.94. The molecule has 3 heterocycles. The van der Waals surface area contributed by atoms with E-state index in [-0.39, 0.29) is 33.0 Å². The third-order valence-corrected chi connectivity index (χ3v) is 6.92. The number of ether oxygens (including phenoxy) is 1. The van der Waals surface area contributed by atoms with Crippen LogP contribution in [0.2, 0.25) is 0 Å². The van der Waals surface area contributed by atoms with Gasteiger partial charge in [-0.1, -0.05) is 0 Å². The maximum Gasteiger partial charge on any atom is 0.418 e. The number of alkyl halides is 6. The van der Waals surface area contributed by atoms with Crippen molar-refractivity contribution in [1.82, 2.24) is 28.8 Å². The predicted octanol–water partition coefficient (Wildman–Crippen LogP) is 2.40. The van der Waals surface area contributed by atoms with Gasteiger partial charge < -0.3 is 24.6 Å². The summed E-state index contributed by atoms with van der Waals surface area (Å²) >= 11 is 0. The maximum atomic E-state index is 13.5. The van der Waals surface area contributed by atoms with Gasteiger partial charge in [-0.3, -0.25) is 4.79 Å². The molecule has 0 saturated carbocycles. The van der Waals surface area contributed by atoms with E-state index in [0.717, 1.165) is 53.4 Å². The zero-order chi connectivity index (χ0) is 37.3. The first kappa shape index (κ1) is 36.2. The number of rotatable bonds is 5. The quantitative estimate of drug-likeness (QED) is 0.135. The van der Waals surface area contributed by atoms with E-state index in [1.54, 1.807) is 17.0 Å². The molecule has 0 bridgehead atoms. The van der Waals surface area contributed by atoms with Crippen LogP contribution < -0.4 is 21.8 Å². The van der Waals surface area contributed by atoms with E-state index in [9.17, 15) is 49.1 Å². The Labute approximate surface area is 274 Å². The van der Waals surface area contributed by atoms with Crippen molar-refractivity contribution >= 4 is 32.6 Å². The van der Waals surface area contributed by atoms with E-state index in [1.165, 1.54) is 0 Å². The number of anilines is 1. The number of nitrogens with zero attached hydrogens (tertiary/aromatic N) is 7. The molecule has 0 atom stereocenters. The zero-order valence-electron chi connectivity index (χ0n) is 25.0. The number of nitrogens with two attached hydrogens (primary N) is 1. The minimum Gasteiger partial charge on any atom is -0.465 e. The minimum atomic E-state index is -4.86. The molecule has 0 fully saturated rings. The Balaban J connectivity index is 0.000000232. The van der Waals surface area contributed by atoms with Crippen LogP contribution in [-0.4, -0.2) is 56.5 Å². The number of fused-ring (bicyclic) bond motifs is 1. The number of aromatic nitrogens is 6. The Hall–Kier alpha value is -6.62. The highest BCUT2D eigenvalue weighted by Gasteiger charge is 2.36. The fourth-order valence-corrected chi connectivity index (χ4v) is 4.80. The molecule has 5 rings (SSSR count). The average Bonchev–Trinajstić information content (AvgIpc) is 3.71. The third kappa shape index (κ3) is 7.57. The number of halogens is 6. The smallest absolute Gasteiger partial charge is 0.418 e. The van der Waals surface area contributed by atoms with Crippen LogP contribution in [0, 0.1) is 22.7 Å². The lowest BCUT2D eigenvalue weighted by molar-refractivity contribution is -0.138. The fraction of sp³-hybridized carbons (Fsp3) is 0.148. The number of nitrogen functional groups attached to an aromatic ring is 1. The number of esters is 1. The molecule has 16 nitrogen and oxygen atoms in total. The van der Waals surface area contributed by atoms with Gasteiger partial charge in [0.05, 0.1) is 52.3 Å². The molecule has 23 heteroatoms. The predicted molar refractivity (Wildman–Crippen MR) is 159 cm³/mol. The maximum absolute atomic E-state index is 13.5. The molecule has 0 amide bonds. The van der Waals surface area contributed by atoms with Gasteiger partial charge in [-0.2, -0.15) is 41.5 Å². The Morgan fingerprint density at radius 2 is 1.42 bits per heavy atom. The zero-order valence-corrected chi connectivity index (χ0v) is 25.8. The Morgan fingerprint density at radius 3 is 1.86 bits per heavy atom. The first-order valence-electron chi connectivity index (χ1n) is 13.0. The number of carbonyl (C=O) groups excluding carboxylic acids is 1. The summed E-state index contributed by atoms with van der Waals surface area (Å²) < 4.78 is 109. The van der Waals surface area contributed by atoms with Crippen LogP contribution in [0.15, 0.2) is 58.9 Å². The van der Waals surface area contributed by atoms with Crippen molar-refractivity contribution < 1.29 is 44.3 Å². The molecule has 0 spiro atoms. The first-order valence-corrected chi connectivity index (χ1v) is 14.9. The van der Waals surface area contributed by atoms with Gasteiger partial charge in [0.15, 0.2) is 11.4 Å². The van der Waals surface area contributed by atoms with Crippen LogP contribution in [0.1, 0.15) is 32.9 Å². The van der Waals surface area contributed by atoms with Gasteiger partial charge in [0, 0.05) is 18.1 Å². The lowest BCUT2D eigenvalue weighted by atomic mass is 10.1. The number of hydrogen-bond acceptors (Lipinski definition) is 11. The highest BCUT2D eigenvalue weighted by atomic mass is 32.2. The molecular formula is C27H18F6N10O6S. The molecule has 0 aliphatic rings. The van der Waals surface area contributed by atoms with Crippen molar-refractivity contribution in [1.29, 1.82) is 10.5 Å². The lowest BCUT2D eigenvalue weighted by Gasteiger charge is -2.16. The van der Waals surface area contributed by atoms with Crippen molar-refractivity contribution in [3.8, 4) is 23.5 Å². The summed E-state index contributed by atoms with van der Waals surface area (Å²) in [5, 5.41) is 17.1. The van der Waals surface area contributed by atoms with Gasteiger partial charge in [0.25, 0.3) is 5.56 Å². The van der Waals surface area contributed by atoms with Gasteiger partial charge in [-0.25, -0.2) is 32.8 Å². The van der Waals surface area contributed by atoms with Crippen LogP contribution >= 0.6 is 0 Å². The number of nitrogens with one attached hydrogen (secondary N) is 2. The monoisotopic (exact) mass is 724 g/mol. The van der Waals surface area contributed by atoms with Crippen molar-refractivity contribution in [3.05, 3.63) is 98.2 Å². The van der Waals surface area contributed by atoms with Gasteiger partial charge >= 0.3 is 24.0 Å². The molecule has 4 N–H and O–H groups in total. The van der Waals surface area contributed by atoms with Gasteiger partial charge in [0.2, 0.25) is 10.0 Å². The normalized spacial score (nSPS) is 11.6. The SMILES string of the molecule is COC(=O)c1cc(-n2cnc(C#N)c2)c(C(F)(F)F)cc1N.CS(=O)(=O)Nn1c(=O)[nH]c2cc(C(F)(F)F)c(-n3cnc(C#N)c3)cc2c1=O. The number of benzene rings is 2. The van der Waals surface area contributed by atoms with Gasteiger partial charge in [-0.15, -0.1) is 0 Å². The summed E-state index contributed by atoms with van der Waals surface area (Å²) in [6.07, 6.45) is -4.74. The number of sulfonamides is 1. The van der Waals surface area contributed by atoms with Gasteiger partial charge in [-0.05, 0) is 24.3 Å². The van der Waals surface area contributed by atoms with Crippen LogP contribution in [0.3, 0.4) is 0 Å². The summed E-state index contributed by atoms with van der Waals surface area (Å²) in [5.41, 5.74) is -1.37. The molecule has 0 aliphatic heterocycles. The standard InChI is InChI=1S/C14H9F3N6O4S.C13H9F3N4O2/c1-28(26,27)21-23-12(24)8-2-11(22-5-7(4-18)19-6-22)9(14(15,16)17)3-10(8)20-13(23)25;1-22-12(21)8-2-11(20-5-7(4-17)19-6-20)9(3-10(8)18)13(14,15)16/h2-3,5-6,21H,1H3,(H,20,25);2-3,5-6H,18H2,1H3. The number of aromatic amines is 1. The van der Waals surface area contributed by atoms with Crippen LogP contribution in [0.4, 0.5) is 32.0 Å². The van der Waals surface area contributed by atoms with Gasteiger partial charge in [0.1, 0.15) is 24.8 Å². The van der Waals surface area contributed by atoms with Crippen molar-refractivity contribution in [2.75, 3.05) is 23.9 Å². The van der Waals surface area contributed by atoms with Crippen LogP contribution in [0.25, 0.3) is 22.3 Å². The lowest BCUT2D eigenvalue weighted by Crippen LogP contribution is -2.43. The Kier molecular flexibility index (Phi) is 9.50. The second kappa shape index (κ2) is 13.1. The largest absolute Gasteiger partial charge is 0.465 e. The van der Waals surface area contributed by atoms with E-state index in [0.29, 0.717) is 18.4 Å². The van der Waals surface area contributed by atoms with E-state index < -0.39 is 67.3 Å². The van der Waals surface area contributed by atoms with E-state index >= 15 is 0 Å². The fourth-order valence-electron chi connectivity index (χ4n) is 4.30. The number of H-pyrrole nitrogens is 1. The number of hydrogen-bond donors (Lipinski definition) is 3. The number of carbonyl (C=O) groups is 1. The Morgan fingerprint density at radius 1 is 0.920 bits per heavy atom. The molecule has 5 aromatic rings. The van der Waals surface area contributed by atoms with Crippen LogP contribution in [-0.2, 0) is 27.1 Å². The second-order valence-electron chi connectivity index (χ2n) is 9.85. The first-order chi connectivity index (χ1) is 23.2. The number of nitriles is 2. The molecule has 3 aromatic heterocycles. The summed E-state index contributed by atoms with van der Waals surface area (Å²) in [6, 6.07) is 6.33. The number of imidazole rings is 2. The average molecular weight is 725 g/mol. The molecule has 260 valence electrons. The summed E-state index contributed by atoms with van der Waals surface area (Å²) in [5.74, 6) is -0.868. The van der Waals surface area contributed by atoms with E-state index in [1.807, 2.05) is 4.98 Å². The summed E-state index contributed by atoms with van der Waals surface area (Å²) in [6.45, 7) is 0. The molecule has 0 radical (unpaired) electrons. The van der Waals surface area contributed by atoms with E-state index in [2.05, 4.69) is 14.7 Å². The van der Waals surface area contributed by atoms with Crippen molar-refractivity contribution in [3.63, 3.8) is 0 Å². The van der Waals surface area contributed by atoms with Crippen LogP contribution in [0.5, 0.6) is 0 Å². The molecule has 50 heavy (non-hydrogen) atoms. The molecule has 0 saturated heterocycles. The second-order valence-corrected chi connectivity index (χ2v) is 11.6. The van der Waals surface area contributed by atoms with Crippen molar-refractivity contribution in [2.24, 2.45) is 0 Å². The molecule has 2 aromatic carbocycles. The highest BCUT2D eigenvalue weighted by Crippen LogP contribution is 2.37. The van der Waals surface area contributed by atoms with E-state index in [4.69, 9.17) is 16.3 Å². The molecule has 0 unspecified atom stereocenters. The highest BCUT2D eigenvalue weighted by molar-refractivity contribution is 7.91. The third-order valence-electron chi connectivity index (χ3n) is 6.41. The summed E-state index contributed by atoms with van der Waals surface area (Å²) in [4.78, 5) is 47.0. The topological polar surface area (TPSA) is 237 Å². The molecule has 0 aliphatic carbocycles. The molecular weight excluding hydrogens is 706 g/mol.